The van der Waals surface area contributed by atoms with Gasteiger partial charge in [0.2, 0.25) is 0 Å². The molecule has 136 valence electrons. The van der Waals surface area contributed by atoms with Crippen LogP contribution in [0.4, 0.5) is 15.8 Å². The van der Waals surface area contributed by atoms with Gasteiger partial charge in [0.05, 0.1) is 11.5 Å². The monoisotopic (exact) mass is 376 g/mol. The Morgan fingerprint density at radius 3 is 2.42 bits per heavy atom. The number of sulfone groups is 1. The molecule has 0 fully saturated rings. The molecule has 1 atom stereocenters. The molecule has 0 heterocycles. The number of carbonyl (C=O) groups is 1. The molecule has 0 bridgehead atoms. The molecule has 0 saturated carbocycles. The predicted molar refractivity (Wildman–Crippen MR) is 95.8 cm³/mol. The number of rotatable bonds is 5. The molecule has 0 aliphatic rings. The first-order chi connectivity index (χ1) is 12.0. The molecule has 8 heteroatoms. The summed E-state index contributed by atoms with van der Waals surface area (Å²) in [4.78, 5) is 15.8. The summed E-state index contributed by atoms with van der Waals surface area (Å²) in [5.74, 6) is -1.65. The third kappa shape index (κ3) is 4.45. The number of aryl methyl sites for hydroxylation is 1. The highest BCUT2D eigenvalue weighted by atomic mass is 32.2. The van der Waals surface area contributed by atoms with E-state index in [2.05, 4.69) is 15.9 Å². The summed E-state index contributed by atoms with van der Waals surface area (Å²) in [7, 11) is -3.82. The van der Waals surface area contributed by atoms with Gasteiger partial charge in [0.15, 0.2) is 21.1 Å². The number of quaternary nitrogens is 1. The molecule has 0 aromatic heterocycles. The average Bonchev–Trinajstić information content (AvgIpc) is 2.54. The molecule has 1 amide bonds. The van der Waals surface area contributed by atoms with E-state index in [1.807, 2.05) is 0 Å². The van der Waals surface area contributed by atoms with Gasteiger partial charge in [-0.2, -0.15) is 0 Å². The van der Waals surface area contributed by atoms with Crippen molar-refractivity contribution < 1.29 is 23.3 Å². The maximum atomic E-state index is 13.0. The number of amides is 1. The van der Waals surface area contributed by atoms with Gasteiger partial charge in [-0.25, -0.2) is 17.7 Å². The first kappa shape index (κ1) is 19.6. The Labute approximate surface area is 151 Å². The van der Waals surface area contributed by atoms with Gasteiger partial charge < -0.3 is 11.1 Å². The minimum atomic E-state index is -3.82. The summed E-state index contributed by atoms with van der Waals surface area (Å²) in [5.41, 5.74) is 3.90. The molecule has 2 aromatic carbocycles. The van der Waals surface area contributed by atoms with E-state index in [1.165, 1.54) is 6.92 Å². The average molecular weight is 376 g/mol. The second-order valence-corrected chi connectivity index (χ2v) is 8.33. The third-order valence-corrected chi connectivity index (χ3v) is 5.81. The largest absolute Gasteiger partial charge is 0.344 e. The Morgan fingerprint density at radius 1 is 1.27 bits per heavy atom. The van der Waals surface area contributed by atoms with Crippen LogP contribution < -0.4 is 11.1 Å². The zero-order valence-corrected chi connectivity index (χ0v) is 15.2. The van der Waals surface area contributed by atoms with E-state index in [0.29, 0.717) is 16.9 Å². The van der Waals surface area contributed by atoms with Crippen molar-refractivity contribution >= 4 is 27.1 Å². The predicted octanol–water partition coefficient (Wildman–Crippen LogP) is 2.10. The van der Waals surface area contributed by atoms with E-state index in [-0.39, 0.29) is 4.90 Å². The van der Waals surface area contributed by atoms with Crippen LogP contribution in [0.25, 0.3) is 4.85 Å². The maximum absolute atomic E-state index is 13.0. The number of anilines is 1. The van der Waals surface area contributed by atoms with Gasteiger partial charge in [0.1, 0.15) is 11.6 Å². The molecule has 2 rings (SSSR count). The summed E-state index contributed by atoms with van der Waals surface area (Å²) in [6.45, 7) is 10.2. The number of hydrogen-bond acceptors (Lipinski definition) is 3. The van der Waals surface area contributed by atoms with E-state index in [4.69, 9.17) is 6.57 Å². The molecule has 26 heavy (non-hydrogen) atoms. The molecule has 1 unspecified atom stereocenters. The Bertz CT molecular complexity index is 978. The van der Waals surface area contributed by atoms with E-state index >= 15 is 0 Å². The quantitative estimate of drug-likeness (QED) is 0.618. The minimum Gasteiger partial charge on any atom is -0.344 e. The second kappa shape index (κ2) is 7.23. The van der Waals surface area contributed by atoms with Crippen LogP contribution >= 0.6 is 0 Å². The molecule has 0 aliphatic carbocycles. The van der Waals surface area contributed by atoms with Gasteiger partial charge in [0.25, 0.3) is 5.91 Å². The van der Waals surface area contributed by atoms with E-state index < -0.39 is 32.9 Å². The van der Waals surface area contributed by atoms with E-state index in [1.54, 1.807) is 25.1 Å². The van der Waals surface area contributed by atoms with Crippen LogP contribution in [0.1, 0.15) is 12.5 Å². The fraction of sp³-hybridized carbons (Fsp3) is 0.222. The van der Waals surface area contributed by atoms with Gasteiger partial charge in [-0.15, -0.1) is 0 Å². The normalized spacial score (nSPS) is 13.5. The van der Waals surface area contributed by atoms with E-state index in [9.17, 15) is 17.6 Å². The van der Waals surface area contributed by atoms with Crippen molar-refractivity contribution in [3.8, 4) is 0 Å². The van der Waals surface area contributed by atoms with Crippen LogP contribution in [-0.2, 0) is 14.6 Å². The first-order valence-corrected chi connectivity index (χ1v) is 9.34. The van der Waals surface area contributed by atoms with Crippen LogP contribution in [-0.4, -0.2) is 25.6 Å². The maximum Gasteiger partial charge on any atom is 0.286 e. The van der Waals surface area contributed by atoms with Crippen LogP contribution in [0.15, 0.2) is 47.4 Å². The standard InChI is InChI=1S/C18H18FN3O3S/c1-12-10-14(6-9-16(12)21-3)22-17(23)18(2,20)11-26(24,25)15-7-4-13(19)5-8-15/h4-10H,11,20H2,1-2H3,(H,22,23)/p+1. The van der Waals surface area contributed by atoms with Crippen molar-refractivity contribution in [2.24, 2.45) is 0 Å². The Kier molecular flexibility index (Phi) is 5.44. The fourth-order valence-corrected chi connectivity index (χ4v) is 4.04. The molecule has 0 radical (unpaired) electrons. The lowest BCUT2D eigenvalue weighted by Crippen LogP contribution is -2.78. The van der Waals surface area contributed by atoms with Gasteiger partial charge in [-0.3, -0.25) is 4.79 Å². The Morgan fingerprint density at radius 2 is 1.88 bits per heavy atom. The number of nitrogens with one attached hydrogen (secondary N) is 1. The third-order valence-electron chi connectivity index (χ3n) is 3.80. The summed E-state index contributed by atoms with van der Waals surface area (Å²) in [5, 5.41) is 2.63. The highest BCUT2D eigenvalue weighted by Gasteiger charge is 2.39. The van der Waals surface area contributed by atoms with E-state index in [0.717, 1.165) is 24.3 Å². The molecule has 0 saturated heterocycles. The summed E-state index contributed by atoms with van der Waals surface area (Å²) >= 11 is 0. The van der Waals surface area contributed by atoms with Crippen molar-refractivity contribution in [3.63, 3.8) is 0 Å². The van der Waals surface area contributed by atoms with Crippen molar-refractivity contribution in [3.05, 3.63) is 65.3 Å². The summed E-state index contributed by atoms with van der Waals surface area (Å²) in [6, 6.07) is 9.20. The van der Waals surface area contributed by atoms with Crippen molar-refractivity contribution in [2.45, 2.75) is 24.3 Å². The number of halogens is 1. The van der Waals surface area contributed by atoms with Crippen molar-refractivity contribution in [1.82, 2.24) is 0 Å². The number of benzene rings is 2. The summed E-state index contributed by atoms with van der Waals surface area (Å²) < 4.78 is 37.9. The van der Waals surface area contributed by atoms with Gasteiger partial charge in [0, 0.05) is 12.6 Å². The molecule has 6 nitrogen and oxygen atoms in total. The zero-order valence-electron chi connectivity index (χ0n) is 14.4. The number of carbonyl (C=O) groups excluding carboxylic acids is 1. The molecular formula is C18H19FN3O3S+. The van der Waals surface area contributed by atoms with Crippen LogP contribution in [0.3, 0.4) is 0 Å². The van der Waals surface area contributed by atoms with Crippen molar-refractivity contribution in [2.75, 3.05) is 11.1 Å². The lowest BCUT2D eigenvalue weighted by Gasteiger charge is -2.20. The minimum absolute atomic E-state index is 0.0705. The molecule has 4 N–H and O–H groups in total. The second-order valence-electron chi connectivity index (χ2n) is 6.34. The van der Waals surface area contributed by atoms with Crippen molar-refractivity contribution in [1.29, 1.82) is 0 Å². The topological polar surface area (TPSA) is 95.2 Å². The van der Waals surface area contributed by atoms with Crippen LogP contribution in [0.2, 0.25) is 0 Å². The molecule has 0 spiro atoms. The Hall–Kier alpha value is -2.76. The van der Waals surface area contributed by atoms with Crippen LogP contribution in [0.5, 0.6) is 0 Å². The smallest absolute Gasteiger partial charge is 0.286 e. The highest BCUT2D eigenvalue weighted by molar-refractivity contribution is 7.91. The number of nitrogens with zero attached hydrogens (tertiary/aromatic N) is 1. The highest BCUT2D eigenvalue weighted by Crippen LogP contribution is 2.23. The Balaban J connectivity index is 2.18. The molecule has 0 aliphatic heterocycles. The van der Waals surface area contributed by atoms with Gasteiger partial charge in [-0.1, -0.05) is 6.07 Å². The number of hydrogen-bond donors (Lipinski definition) is 2. The first-order valence-electron chi connectivity index (χ1n) is 7.68. The lowest BCUT2D eigenvalue weighted by atomic mass is 10.1. The lowest BCUT2D eigenvalue weighted by molar-refractivity contribution is -0.443. The fourth-order valence-electron chi connectivity index (χ4n) is 2.35. The molecular weight excluding hydrogens is 357 g/mol. The zero-order chi connectivity index (χ0) is 19.5. The van der Waals surface area contributed by atoms with Gasteiger partial charge in [-0.05, 0) is 48.9 Å². The van der Waals surface area contributed by atoms with Crippen LogP contribution in [0, 0.1) is 19.3 Å². The van der Waals surface area contributed by atoms with Gasteiger partial charge >= 0.3 is 0 Å². The molecule has 2 aromatic rings. The SMILES string of the molecule is [C-]#[N+]c1ccc(NC(=O)C(C)([NH3+])CS(=O)(=O)c2ccc(F)cc2)cc1C. The summed E-state index contributed by atoms with van der Waals surface area (Å²) in [6.07, 6.45) is 0.